The van der Waals surface area contributed by atoms with E-state index in [0.717, 1.165) is 34.7 Å². The van der Waals surface area contributed by atoms with Crippen LogP contribution in [0.15, 0.2) is 60.2 Å². The molecule has 5 heteroatoms. The molecule has 0 bridgehead atoms. The maximum absolute atomic E-state index is 12.8. The number of carbonyl (C=O) groups is 1. The number of pyridine rings is 1. The third kappa shape index (κ3) is 3.94. The van der Waals surface area contributed by atoms with Gasteiger partial charge in [-0.15, -0.1) is 11.3 Å². The Morgan fingerprint density at radius 1 is 1.16 bits per heavy atom. The Bertz CT molecular complexity index is 844. The number of aromatic nitrogens is 2. The fourth-order valence-electron chi connectivity index (χ4n) is 2.85. The SMILES string of the molecule is O=C(Cc1csc(-c2ccccc2)n1)N(Cc1cccnc1)C1CC1. The van der Waals surface area contributed by atoms with Crippen LogP contribution in [0.2, 0.25) is 0 Å². The lowest BCUT2D eigenvalue weighted by Crippen LogP contribution is -2.33. The summed E-state index contributed by atoms with van der Waals surface area (Å²) >= 11 is 1.59. The number of carbonyl (C=O) groups excluding carboxylic acids is 1. The molecular weight excluding hydrogens is 330 g/mol. The van der Waals surface area contributed by atoms with Crippen LogP contribution in [0, 0.1) is 0 Å². The minimum absolute atomic E-state index is 0.149. The van der Waals surface area contributed by atoms with E-state index >= 15 is 0 Å². The number of amides is 1. The normalized spacial score (nSPS) is 13.6. The van der Waals surface area contributed by atoms with Gasteiger partial charge in [0, 0.05) is 35.9 Å². The summed E-state index contributed by atoms with van der Waals surface area (Å²) in [6, 6.07) is 14.4. The van der Waals surface area contributed by atoms with E-state index in [1.165, 1.54) is 0 Å². The van der Waals surface area contributed by atoms with Gasteiger partial charge >= 0.3 is 0 Å². The molecule has 4 nitrogen and oxygen atoms in total. The van der Waals surface area contributed by atoms with Gasteiger partial charge in [0.25, 0.3) is 0 Å². The predicted octanol–water partition coefficient (Wildman–Crippen LogP) is 3.94. The zero-order valence-corrected chi connectivity index (χ0v) is 14.7. The molecule has 1 aliphatic carbocycles. The Morgan fingerprint density at radius 3 is 2.72 bits per heavy atom. The van der Waals surface area contributed by atoms with Crippen LogP contribution in [0.5, 0.6) is 0 Å². The summed E-state index contributed by atoms with van der Waals surface area (Å²) in [6.07, 6.45) is 6.14. The summed E-state index contributed by atoms with van der Waals surface area (Å²) in [5.74, 6) is 0.149. The molecule has 1 saturated carbocycles. The van der Waals surface area contributed by atoms with Gasteiger partial charge in [-0.05, 0) is 24.5 Å². The number of hydrogen-bond acceptors (Lipinski definition) is 4. The van der Waals surface area contributed by atoms with Crippen molar-refractivity contribution in [3.05, 3.63) is 71.5 Å². The Hall–Kier alpha value is -2.53. The summed E-state index contributed by atoms with van der Waals surface area (Å²) in [5.41, 5.74) is 3.03. The van der Waals surface area contributed by atoms with E-state index in [0.29, 0.717) is 19.0 Å². The lowest BCUT2D eigenvalue weighted by Gasteiger charge is -2.22. The summed E-state index contributed by atoms with van der Waals surface area (Å²) in [5, 5.41) is 2.96. The van der Waals surface area contributed by atoms with Gasteiger partial charge in [-0.1, -0.05) is 36.4 Å². The highest BCUT2D eigenvalue weighted by atomic mass is 32.1. The van der Waals surface area contributed by atoms with E-state index in [9.17, 15) is 4.79 Å². The molecule has 0 spiro atoms. The van der Waals surface area contributed by atoms with Crippen molar-refractivity contribution in [1.82, 2.24) is 14.9 Å². The van der Waals surface area contributed by atoms with Gasteiger partial charge in [-0.3, -0.25) is 9.78 Å². The molecule has 1 amide bonds. The predicted molar refractivity (Wildman–Crippen MR) is 99.1 cm³/mol. The first-order chi connectivity index (χ1) is 12.3. The first kappa shape index (κ1) is 16.0. The molecule has 0 N–H and O–H groups in total. The second kappa shape index (κ2) is 7.15. The van der Waals surface area contributed by atoms with Crippen molar-refractivity contribution in [3.8, 4) is 10.6 Å². The van der Waals surface area contributed by atoms with Crippen LogP contribution in [0.3, 0.4) is 0 Å². The Morgan fingerprint density at radius 2 is 2.00 bits per heavy atom. The smallest absolute Gasteiger partial charge is 0.229 e. The molecule has 0 radical (unpaired) electrons. The number of thiazole rings is 1. The van der Waals surface area contributed by atoms with Crippen molar-refractivity contribution in [1.29, 1.82) is 0 Å². The number of rotatable bonds is 6. The van der Waals surface area contributed by atoms with Crippen molar-refractivity contribution < 1.29 is 4.79 Å². The Balaban J connectivity index is 1.46. The van der Waals surface area contributed by atoms with Crippen LogP contribution >= 0.6 is 11.3 Å². The van der Waals surface area contributed by atoms with Gasteiger partial charge in [0.2, 0.25) is 5.91 Å². The monoisotopic (exact) mass is 349 g/mol. The number of hydrogen-bond donors (Lipinski definition) is 0. The third-order valence-corrected chi connectivity index (χ3v) is 5.23. The van der Waals surface area contributed by atoms with Crippen LogP contribution in [0.4, 0.5) is 0 Å². The molecule has 1 fully saturated rings. The quantitative estimate of drug-likeness (QED) is 0.677. The molecule has 0 atom stereocenters. The molecule has 126 valence electrons. The fraction of sp³-hybridized carbons (Fsp3) is 0.250. The first-order valence-corrected chi connectivity index (χ1v) is 9.36. The van der Waals surface area contributed by atoms with Gasteiger partial charge in [0.15, 0.2) is 0 Å². The average Bonchev–Trinajstić information content (AvgIpc) is 3.39. The highest BCUT2D eigenvalue weighted by molar-refractivity contribution is 7.13. The third-order valence-electron chi connectivity index (χ3n) is 4.29. The molecule has 0 saturated heterocycles. The average molecular weight is 349 g/mol. The summed E-state index contributed by atoms with van der Waals surface area (Å²) < 4.78 is 0. The summed E-state index contributed by atoms with van der Waals surface area (Å²) in [7, 11) is 0. The first-order valence-electron chi connectivity index (χ1n) is 8.48. The van der Waals surface area contributed by atoms with Crippen LogP contribution in [0.25, 0.3) is 10.6 Å². The summed E-state index contributed by atoms with van der Waals surface area (Å²) in [6.45, 7) is 0.632. The van der Waals surface area contributed by atoms with Gasteiger partial charge in [0.1, 0.15) is 5.01 Å². The molecule has 1 aliphatic rings. The molecule has 3 aromatic rings. The lowest BCUT2D eigenvalue weighted by atomic mass is 10.2. The standard InChI is InChI=1S/C20H19N3OS/c24-19(23(18-8-9-18)13-15-5-4-10-21-12-15)11-17-14-25-20(22-17)16-6-2-1-3-7-16/h1-7,10,12,14,18H,8-9,11,13H2. The molecular formula is C20H19N3OS. The van der Waals surface area contributed by atoms with E-state index in [1.807, 2.05) is 58.9 Å². The van der Waals surface area contributed by atoms with E-state index in [2.05, 4.69) is 9.97 Å². The van der Waals surface area contributed by atoms with E-state index in [4.69, 9.17) is 0 Å². The molecule has 25 heavy (non-hydrogen) atoms. The van der Waals surface area contributed by atoms with Gasteiger partial charge in [-0.2, -0.15) is 0 Å². The number of nitrogens with zero attached hydrogens (tertiary/aromatic N) is 3. The van der Waals surface area contributed by atoms with E-state index < -0.39 is 0 Å². The second-order valence-corrected chi connectivity index (χ2v) is 7.16. The Labute approximate surface area is 151 Å². The van der Waals surface area contributed by atoms with E-state index in [-0.39, 0.29) is 5.91 Å². The Kier molecular flexibility index (Phi) is 4.57. The summed E-state index contributed by atoms with van der Waals surface area (Å²) in [4.78, 5) is 23.6. The maximum atomic E-state index is 12.8. The van der Waals surface area contributed by atoms with Crippen LogP contribution in [0.1, 0.15) is 24.1 Å². The minimum atomic E-state index is 0.149. The minimum Gasteiger partial charge on any atom is -0.335 e. The molecule has 0 unspecified atom stereocenters. The topological polar surface area (TPSA) is 46.1 Å². The molecule has 4 rings (SSSR count). The second-order valence-electron chi connectivity index (χ2n) is 6.30. The lowest BCUT2D eigenvalue weighted by molar-refractivity contribution is -0.131. The molecule has 1 aromatic carbocycles. The van der Waals surface area contributed by atoms with Crippen LogP contribution in [-0.2, 0) is 17.8 Å². The maximum Gasteiger partial charge on any atom is 0.229 e. The largest absolute Gasteiger partial charge is 0.335 e. The highest BCUT2D eigenvalue weighted by Crippen LogP contribution is 2.29. The van der Waals surface area contributed by atoms with Gasteiger partial charge < -0.3 is 4.90 Å². The van der Waals surface area contributed by atoms with Crippen LogP contribution < -0.4 is 0 Å². The van der Waals surface area contributed by atoms with Crippen molar-refractivity contribution in [2.75, 3.05) is 0 Å². The zero-order valence-electron chi connectivity index (χ0n) is 13.8. The van der Waals surface area contributed by atoms with Gasteiger partial charge in [0.05, 0.1) is 12.1 Å². The molecule has 2 heterocycles. The number of benzene rings is 1. The zero-order chi connectivity index (χ0) is 17.1. The van der Waals surface area contributed by atoms with E-state index in [1.54, 1.807) is 17.5 Å². The molecule has 2 aromatic heterocycles. The highest BCUT2D eigenvalue weighted by Gasteiger charge is 2.32. The van der Waals surface area contributed by atoms with Crippen LogP contribution in [-0.4, -0.2) is 26.8 Å². The van der Waals surface area contributed by atoms with Crippen molar-refractivity contribution >= 4 is 17.2 Å². The fourth-order valence-corrected chi connectivity index (χ4v) is 3.68. The van der Waals surface area contributed by atoms with Crippen molar-refractivity contribution in [2.45, 2.75) is 31.8 Å². The van der Waals surface area contributed by atoms with Crippen molar-refractivity contribution in [2.24, 2.45) is 0 Å². The van der Waals surface area contributed by atoms with Gasteiger partial charge in [-0.25, -0.2) is 4.98 Å². The van der Waals surface area contributed by atoms with Crippen molar-refractivity contribution in [3.63, 3.8) is 0 Å². The molecule has 0 aliphatic heterocycles.